The van der Waals surface area contributed by atoms with Crippen LogP contribution in [0.25, 0.3) is 0 Å². The summed E-state index contributed by atoms with van der Waals surface area (Å²) in [6.07, 6.45) is 2.32. The summed E-state index contributed by atoms with van der Waals surface area (Å²) in [5, 5.41) is 3.37. The largest absolute Gasteiger partial charge is 0.377 e. The first-order valence-electron chi connectivity index (χ1n) is 5.08. The minimum Gasteiger partial charge on any atom is -0.377 e. The molecule has 0 fully saturated rings. The van der Waals surface area contributed by atoms with E-state index in [9.17, 15) is 0 Å². The molecule has 0 bridgehead atoms. The molecule has 0 heterocycles. The first-order valence-corrected chi connectivity index (χ1v) is 5.08. The maximum atomic E-state index is 5.37. The van der Waals surface area contributed by atoms with Gasteiger partial charge < -0.3 is 10.1 Å². The second-order valence-electron chi connectivity index (χ2n) is 3.83. The fraction of sp³-hybridized carbons (Fsp3) is 0.818. The van der Waals surface area contributed by atoms with Crippen LogP contribution in [0.1, 0.15) is 35.0 Å². The van der Waals surface area contributed by atoms with E-state index in [1.807, 2.05) is 6.92 Å². The van der Waals surface area contributed by atoms with Crippen molar-refractivity contribution in [1.82, 2.24) is 5.32 Å². The maximum absolute atomic E-state index is 5.37. The Morgan fingerprint density at radius 3 is 2.69 bits per heavy atom. The molecule has 80 valence electrons. The summed E-state index contributed by atoms with van der Waals surface area (Å²) < 4.78 is 5.37. The van der Waals surface area contributed by atoms with Crippen molar-refractivity contribution in [2.75, 3.05) is 19.8 Å². The Labute approximate surface area is 83.8 Å². The molecule has 0 aliphatic rings. The zero-order valence-corrected chi connectivity index (χ0v) is 9.23. The molecule has 0 aliphatic heterocycles. The fourth-order valence-electron chi connectivity index (χ4n) is 0.966. The SMILES string of the molecule is C=C(C)COCCCCNC(C)C.[HH]. The molecule has 0 saturated heterocycles. The topological polar surface area (TPSA) is 21.3 Å². The molecule has 13 heavy (non-hydrogen) atoms. The van der Waals surface area contributed by atoms with Crippen LogP contribution in [0.3, 0.4) is 0 Å². The highest BCUT2D eigenvalue weighted by Crippen LogP contribution is 1.93. The lowest BCUT2D eigenvalue weighted by molar-refractivity contribution is 0.152. The molecule has 1 N–H and O–H groups in total. The van der Waals surface area contributed by atoms with E-state index in [0.29, 0.717) is 12.6 Å². The van der Waals surface area contributed by atoms with Crippen LogP contribution in [0.15, 0.2) is 12.2 Å². The van der Waals surface area contributed by atoms with Gasteiger partial charge in [-0.05, 0) is 26.3 Å². The molecule has 0 rings (SSSR count). The third-order valence-electron chi connectivity index (χ3n) is 1.62. The van der Waals surface area contributed by atoms with E-state index in [0.717, 1.165) is 25.1 Å². The van der Waals surface area contributed by atoms with Crippen LogP contribution in [0.5, 0.6) is 0 Å². The van der Waals surface area contributed by atoms with Gasteiger partial charge in [0.05, 0.1) is 6.61 Å². The highest BCUT2D eigenvalue weighted by Gasteiger charge is 1.92. The molecule has 2 heteroatoms. The van der Waals surface area contributed by atoms with E-state index in [-0.39, 0.29) is 1.43 Å². The van der Waals surface area contributed by atoms with Crippen LogP contribution in [0.4, 0.5) is 0 Å². The molecule has 0 radical (unpaired) electrons. The van der Waals surface area contributed by atoms with Crippen LogP contribution in [0.2, 0.25) is 0 Å². The minimum atomic E-state index is 0. The van der Waals surface area contributed by atoms with Gasteiger partial charge >= 0.3 is 0 Å². The smallest absolute Gasteiger partial charge is 0.0671 e. The zero-order valence-electron chi connectivity index (χ0n) is 9.23. The van der Waals surface area contributed by atoms with Gasteiger partial charge in [-0.1, -0.05) is 26.0 Å². The van der Waals surface area contributed by atoms with Gasteiger partial charge in [0.2, 0.25) is 0 Å². The van der Waals surface area contributed by atoms with Gasteiger partial charge in [0.1, 0.15) is 0 Å². The van der Waals surface area contributed by atoms with Gasteiger partial charge in [0, 0.05) is 14.1 Å². The van der Waals surface area contributed by atoms with Crippen molar-refractivity contribution >= 4 is 0 Å². The van der Waals surface area contributed by atoms with E-state index < -0.39 is 0 Å². The molecule has 0 aliphatic carbocycles. The third kappa shape index (κ3) is 11.7. The zero-order chi connectivity index (χ0) is 10.1. The maximum Gasteiger partial charge on any atom is 0.0671 e. The van der Waals surface area contributed by atoms with Crippen molar-refractivity contribution < 1.29 is 6.16 Å². The molecule has 0 aromatic heterocycles. The Bertz CT molecular complexity index is 137. The van der Waals surface area contributed by atoms with Gasteiger partial charge in [-0.3, -0.25) is 0 Å². The number of hydrogen-bond acceptors (Lipinski definition) is 2. The summed E-state index contributed by atoms with van der Waals surface area (Å²) in [6, 6.07) is 0.594. The van der Waals surface area contributed by atoms with Crippen LogP contribution in [0, 0.1) is 0 Å². The molecule has 2 nitrogen and oxygen atoms in total. The van der Waals surface area contributed by atoms with Gasteiger partial charge in [0.25, 0.3) is 0 Å². The minimum absolute atomic E-state index is 0. The van der Waals surface area contributed by atoms with E-state index in [1.54, 1.807) is 0 Å². The second kappa shape index (κ2) is 8.27. The average molecular weight is 187 g/mol. The third-order valence-corrected chi connectivity index (χ3v) is 1.62. The van der Waals surface area contributed by atoms with Crippen LogP contribution in [-0.2, 0) is 4.74 Å². The predicted molar refractivity (Wildman–Crippen MR) is 60.1 cm³/mol. The molecule has 0 aromatic rings. The summed E-state index contributed by atoms with van der Waals surface area (Å²) in [5.41, 5.74) is 1.10. The Kier molecular flexibility index (Phi) is 8.05. The number of rotatable bonds is 8. The average Bonchev–Trinajstić information content (AvgIpc) is 2.01. The first-order chi connectivity index (χ1) is 6.13. The summed E-state index contributed by atoms with van der Waals surface area (Å²) in [4.78, 5) is 0. The molecular formula is C11H25NO. The highest BCUT2D eigenvalue weighted by atomic mass is 16.5. The monoisotopic (exact) mass is 187 g/mol. The number of ether oxygens (including phenoxy) is 1. The van der Waals surface area contributed by atoms with Crippen LogP contribution < -0.4 is 5.32 Å². The molecule has 0 atom stereocenters. The lowest BCUT2D eigenvalue weighted by atomic mass is 10.3. The van der Waals surface area contributed by atoms with Gasteiger partial charge in [-0.2, -0.15) is 0 Å². The van der Waals surface area contributed by atoms with Crippen molar-refractivity contribution in [2.24, 2.45) is 0 Å². The lowest BCUT2D eigenvalue weighted by Gasteiger charge is -2.07. The van der Waals surface area contributed by atoms with Gasteiger partial charge in [-0.15, -0.1) is 0 Å². The molecule has 0 amide bonds. The molecule has 0 spiro atoms. The Morgan fingerprint density at radius 1 is 1.46 bits per heavy atom. The normalized spacial score (nSPS) is 10.8. The summed E-state index contributed by atoms with van der Waals surface area (Å²) in [7, 11) is 0. The first kappa shape index (κ1) is 12.7. The van der Waals surface area contributed by atoms with E-state index in [1.165, 1.54) is 6.42 Å². The van der Waals surface area contributed by atoms with E-state index >= 15 is 0 Å². The molecular weight excluding hydrogens is 162 g/mol. The predicted octanol–water partition coefficient (Wildman–Crippen LogP) is 2.60. The Morgan fingerprint density at radius 2 is 2.15 bits per heavy atom. The van der Waals surface area contributed by atoms with E-state index in [4.69, 9.17) is 4.74 Å². The number of unbranched alkanes of at least 4 members (excludes halogenated alkanes) is 1. The summed E-state index contributed by atoms with van der Waals surface area (Å²) in [5.74, 6) is 0. The number of nitrogens with one attached hydrogen (secondary N) is 1. The van der Waals surface area contributed by atoms with Gasteiger partial charge in [-0.25, -0.2) is 0 Å². The molecule has 0 saturated carbocycles. The summed E-state index contributed by atoms with van der Waals surface area (Å²) >= 11 is 0. The number of hydrogen-bond donors (Lipinski definition) is 1. The van der Waals surface area contributed by atoms with E-state index in [2.05, 4.69) is 25.7 Å². The Hall–Kier alpha value is -0.340. The van der Waals surface area contributed by atoms with Crippen molar-refractivity contribution in [2.45, 2.75) is 39.7 Å². The highest BCUT2D eigenvalue weighted by molar-refractivity contribution is 4.87. The van der Waals surface area contributed by atoms with Crippen molar-refractivity contribution in [3.05, 3.63) is 12.2 Å². The Balaban J connectivity index is 0. The second-order valence-corrected chi connectivity index (χ2v) is 3.83. The lowest BCUT2D eigenvalue weighted by Crippen LogP contribution is -2.23. The molecule has 0 unspecified atom stereocenters. The quantitative estimate of drug-likeness (QED) is 0.466. The van der Waals surface area contributed by atoms with Crippen LogP contribution in [-0.4, -0.2) is 25.8 Å². The standard InChI is InChI=1S/C11H23NO.H2/c1-10(2)9-13-8-6-5-7-12-11(3)4;/h11-12H,1,5-9H2,2-4H3;1H. The summed E-state index contributed by atoms with van der Waals surface area (Å²) in [6.45, 7) is 12.7. The van der Waals surface area contributed by atoms with Gasteiger partial charge in [0.15, 0.2) is 0 Å². The van der Waals surface area contributed by atoms with Crippen LogP contribution >= 0.6 is 0 Å². The fourth-order valence-corrected chi connectivity index (χ4v) is 0.966. The van der Waals surface area contributed by atoms with Crippen molar-refractivity contribution in [3.63, 3.8) is 0 Å². The van der Waals surface area contributed by atoms with Crippen molar-refractivity contribution in [1.29, 1.82) is 0 Å². The molecule has 0 aromatic carbocycles. The van der Waals surface area contributed by atoms with Crippen molar-refractivity contribution in [3.8, 4) is 0 Å².